The molecule has 3 nitrogen and oxygen atoms in total. The summed E-state index contributed by atoms with van der Waals surface area (Å²) in [7, 11) is 0. The monoisotopic (exact) mass is 234 g/mol. The van der Waals surface area contributed by atoms with Crippen LogP contribution in [-0.2, 0) is 0 Å². The molecule has 0 atom stereocenters. The third-order valence-corrected chi connectivity index (χ3v) is 2.67. The highest BCUT2D eigenvalue weighted by molar-refractivity contribution is 6.32. The lowest BCUT2D eigenvalue weighted by atomic mass is 10.2. The lowest BCUT2D eigenvalue weighted by Gasteiger charge is -2.09. The number of para-hydroxylation sites is 1. The Hall–Kier alpha value is -1.61. The van der Waals surface area contributed by atoms with E-state index in [4.69, 9.17) is 11.6 Å². The number of rotatable bonds is 2. The van der Waals surface area contributed by atoms with Crippen LogP contribution in [0.25, 0.3) is 5.69 Å². The van der Waals surface area contributed by atoms with Gasteiger partial charge in [-0.1, -0.05) is 17.7 Å². The summed E-state index contributed by atoms with van der Waals surface area (Å²) in [6.07, 6.45) is 0.789. The maximum atomic E-state index is 11.0. The molecule has 0 saturated carbocycles. The van der Waals surface area contributed by atoms with Crippen LogP contribution in [0.4, 0.5) is 0 Å². The molecule has 0 saturated heterocycles. The summed E-state index contributed by atoms with van der Waals surface area (Å²) >= 11 is 6.10. The molecule has 0 fully saturated rings. The van der Waals surface area contributed by atoms with Crippen LogP contribution in [0.2, 0.25) is 5.02 Å². The zero-order chi connectivity index (χ0) is 11.7. The van der Waals surface area contributed by atoms with Gasteiger partial charge in [0.05, 0.1) is 16.4 Å². The molecule has 1 aromatic heterocycles. The van der Waals surface area contributed by atoms with Crippen molar-refractivity contribution in [2.45, 2.75) is 13.8 Å². The fourth-order valence-electron chi connectivity index (χ4n) is 1.71. The van der Waals surface area contributed by atoms with E-state index in [0.717, 1.165) is 17.7 Å². The first-order valence-electron chi connectivity index (χ1n) is 4.91. The second-order valence-corrected chi connectivity index (χ2v) is 4.04. The van der Waals surface area contributed by atoms with Crippen molar-refractivity contribution in [2.75, 3.05) is 0 Å². The van der Waals surface area contributed by atoms with E-state index in [-0.39, 0.29) is 0 Å². The second kappa shape index (κ2) is 4.10. The van der Waals surface area contributed by atoms with Gasteiger partial charge in [0.1, 0.15) is 0 Å². The van der Waals surface area contributed by atoms with Crippen molar-refractivity contribution in [2.24, 2.45) is 0 Å². The summed E-state index contributed by atoms with van der Waals surface area (Å²) in [6, 6.07) is 7.17. The van der Waals surface area contributed by atoms with Gasteiger partial charge in [-0.05, 0) is 32.0 Å². The van der Waals surface area contributed by atoms with Crippen LogP contribution in [-0.4, -0.2) is 16.1 Å². The van der Waals surface area contributed by atoms with Crippen LogP contribution < -0.4 is 0 Å². The second-order valence-electron chi connectivity index (χ2n) is 3.63. The summed E-state index contributed by atoms with van der Waals surface area (Å²) in [5.74, 6) is 0. The molecule has 0 spiro atoms. The van der Waals surface area contributed by atoms with Crippen molar-refractivity contribution in [1.82, 2.24) is 9.78 Å². The van der Waals surface area contributed by atoms with Crippen molar-refractivity contribution < 1.29 is 4.79 Å². The first kappa shape index (κ1) is 10.9. The van der Waals surface area contributed by atoms with Crippen LogP contribution in [0, 0.1) is 13.8 Å². The molecule has 2 aromatic rings. The van der Waals surface area contributed by atoms with Crippen LogP contribution in [0.3, 0.4) is 0 Å². The van der Waals surface area contributed by atoms with Gasteiger partial charge in [-0.15, -0.1) is 0 Å². The number of hydrogen-bond donors (Lipinski definition) is 0. The number of aromatic nitrogens is 2. The van der Waals surface area contributed by atoms with E-state index < -0.39 is 0 Å². The van der Waals surface area contributed by atoms with E-state index in [1.807, 2.05) is 19.9 Å². The smallest absolute Gasteiger partial charge is 0.152 e. The zero-order valence-corrected chi connectivity index (χ0v) is 9.82. The molecule has 0 N–H and O–H groups in total. The summed E-state index contributed by atoms with van der Waals surface area (Å²) in [6.45, 7) is 3.83. The van der Waals surface area contributed by atoms with E-state index in [2.05, 4.69) is 5.10 Å². The van der Waals surface area contributed by atoms with Crippen molar-refractivity contribution in [1.29, 1.82) is 0 Å². The molecule has 0 aliphatic carbocycles. The molecule has 0 aliphatic heterocycles. The molecule has 0 amide bonds. The van der Waals surface area contributed by atoms with E-state index >= 15 is 0 Å². The highest BCUT2D eigenvalue weighted by atomic mass is 35.5. The minimum absolute atomic E-state index is 0.524. The van der Waals surface area contributed by atoms with Crippen molar-refractivity contribution in [3.8, 4) is 5.69 Å². The average Bonchev–Trinajstić information content (AvgIpc) is 2.57. The normalized spacial score (nSPS) is 10.4. The Bertz CT molecular complexity index is 546. The number of nitrogens with zero attached hydrogens (tertiary/aromatic N) is 2. The van der Waals surface area contributed by atoms with E-state index in [1.54, 1.807) is 22.9 Å². The fourth-order valence-corrected chi connectivity index (χ4v) is 1.97. The molecule has 1 aromatic carbocycles. The van der Waals surface area contributed by atoms with Crippen molar-refractivity contribution >= 4 is 17.9 Å². The topological polar surface area (TPSA) is 34.9 Å². The molecule has 0 aliphatic rings. The number of aryl methyl sites for hydroxylation is 2. The van der Waals surface area contributed by atoms with Gasteiger partial charge < -0.3 is 0 Å². The van der Waals surface area contributed by atoms with Crippen LogP contribution >= 0.6 is 11.6 Å². The summed E-state index contributed by atoms with van der Waals surface area (Å²) in [4.78, 5) is 11.0. The number of halogens is 1. The van der Waals surface area contributed by atoms with Gasteiger partial charge in [-0.2, -0.15) is 5.10 Å². The quantitative estimate of drug-likeness (QED) is 0.749. The Balaban J connectivity index is 2.72. The Morgan fingerprint density at radius 3 is 2.69 bits per heavy atom. The fraction of sp³-hybridized carbons (Fsp3) is 0.167. The molecule has 16 heavy (non-hydrogen) atoms. The third-order valence-electron chi connectivity index (χ3n) is 2.37. The highest BCUT2D eigenvalue weighted by Crippen LogP contribution is 2.24. The number of hydrogen-bond acceptors (Lipinski definition) is 2. The van der Waals surface area contributed by atoms with E-state index in [9.17, 15) is 4.79 Å². The Morgan fingerprint density at radius 2 is 2.12 bits per heavy atom. The summed E-state index contributed by atoms with van der Waals surface area (Å²) in [5, 5.41) is 4.85. The lowest BCUT2D eigenvalue weighted by molar-refractivity contribution is 0.112. The van der Waals surface area contributed by atoms with Crippen LogP contribution in [0.1, 0.15) is 21.7 Å². The Kier molecular flexibility index (Phi) is 2.79. The minimum Gasteiger partial charge on any atom is -0.298 e. The number of carbonyl (C=O) groups excluding carboxylic acids is 1. The molecule has 2 rings (SSSR count). The standard InChI is InChI=1S/C12H11ClN2O/c1-8-6-9(2)15(14-8)12-10(7-16)4-3-5-11(12)13/h3-7H,1-2H3. The van der Waals surface area contributed by atoms with Gasteiger partial charge in [-0.25, -0.2) is 4.68 Å². The molecule has 0 unspecified atom stereocenters. The minimum atomic E-state index is 0.524. The molecular formula is C12H11ClN2O. The van der Waals surface area contributed by atoms with Gasteiger partial charge in [0.15, 0.2) is 6.29 Å². The number of aldehydes is 1. The molecule has 0 radical (unpaired) electrons. The number of carbonyl (C=O) groups is 1. The Labute approximate surface area is 98.7 Å². The molecule has 0 bridgehead atoms. The predicted molar refractivity (Wildman–Crippen MR) is 63.4 cm³/mol. The van der Waals surface area contributed by atoms with Gasteiger partial charge in [-0.3, -0.25) is 4.79 Å². The molecule has 4 heteroatoms. The molecule has 82 valence electrons. The van der Waals surface area contributed by atoms with Gasteiger partial charge >= 0.3 is 0 Å². The van der Waals surface area contributed by atoms with Crippen LogP contribution in [0.15, 0.2) is 24.3 Å². The highest BCUT2D eigenvalue weighted by Gasteiger charge is 2.11. The van der Waals surface area contributed by atoms with Gasteiger partial charge in [0.2, 0.25) is 0 Å². The molecular weight excluding hydrogens is 224 g/mol. The van der Waals surface area contributed by atoms with E-state index in [0.29, 0.717) is 16.3 Å². The summed E-state index contributed by atoms with van der Waals surface area (Å²) in [5.41, 5.74) is 3.03. The maximum Gasteiger partial charge on any atom is 0.152 e. The Morgan fingerprint density at radius 1 is 1.38 bits per heavy atom. The number of benzene rings is 1. The van der Waals surface area contributed by atoms with E-state index in [1.165, 1.54) is 0 Å². The first-order chi connectivity index (χ1) is 7.63. The average molecular weight is 235 g/mol. The SMILES string of the molecule is Cc1cc(C)n(-c2c(Cl)cccc2C=O)n1. The summed E-state index contributed by atoms with van der Waals surface area (Å²) < 4.78 is 1.70. The predicted octanol–water partition coefficient (Wildman–Crippen LogP) is 2.96. The lowest BCUT2D eigenvalue weighted by Crippen LogP contribution is -2.03. The zero-order valence-electron chi connectivity index (χ0n) is 9.07. The third kappa shape index (κ3) is 1.74. The maximum absolute atomic E-state index is 11.0. The van der Waals surface area contributed by atoms with Gasteiger partial charge in [0, 0.05) is 11.3 Å². The van der Waals surface area contributed by atoms with Crippen LogP contribution in [0.5, 0.6) is 0 Å². The van der Waals surface area contributed by atoms with Crippen molar-refractivity contribution in [3.63, 3.8) is 0 Å². The largest absolute Gasteiger partial charge is 0.298 e. The first-order valence-corrected chi connectivity index (χ1v) is 5.28. The molecule has 1 heterocycles. The van der Waals surface area contributed by atoms with Crippen molar-refractivity contribution in [3.05, 3.63) is 46.2 Å². The van der Waals surface area contributed by atoms with Gasteiger partial charge in [0.25, 0.3) is 0 Å².